The molecule has 0 aromatic heterocycles. The maximum atomic E-state index is 12.6. The highest BCUT2D eigenvalue weighted by Crippen LogP contribution is 2.25. The van der Waals surface area contributed by atoms with Gasteiger partial charge in [-0.3, -0.25) is 4.90 Å². The number of hydrogen-bond donors (Lipinski definition) is 0. The van der Waals surface area contributed by atoms with E-state index < -0.39 is 0 Å². The lowest BCUT2D eigenvalue weighted by Crippen LogP contribution is -2.52. The molecule has 1 aliphatic heterocycles. The monoisotopic (exact) mass is 304 g/mol. The molecule has 0 N–H and O–H groups in total. The Morgan fingerprint density at radius 3 is 2.18 bits per heavy atom. The molecule has 2 rings (SSSR count). The van der Waals surface area contributed by atoms with Crippen molar-refractivity contribution in [3.05, 3.63) is 28.8 Å². The minimum absolute atomic E-state index is 0.123. The van der Waals surface area contributed by atoms with Crippen molar-refractivity contribution in [2.24, 2.45) is 0 Å². The van der Waals surface area contributed by atoms with Crippen LogP contribution in [0.1, 0.15) is 30.0 Å². The molecular formula is C18H28N2O2. The summed E-state index contributed by atoms with van der Waals surface area (Å²) < 4.78 is 5.77. The summed E-state index contributed by atoms with van der Waals surface area (Å²) in [6, 6.07) is 3.98. The summed E-state index contributed by atoms with van der Waals surface area (Å²) in [6.45, 7) is 12.0. The average molecular weight is 304 g/mol. The van der Waals surface area contributed by atoms with Crippen LogP contribution in [0.3, 0.4) is 0 Å². The number of piperazine rings is 1. The first-order chi connectivity index (χ1) is 10.4. The van der Waals surface area contributed by atoms with Gasteiger partial charge >= 0.3 is 5.97 Å². The van der Waals surface area contributed by atoms with Gasteiger partial charge in [0.1, 0.15) is 11.8 Å². The van der Waals surface area contributed by atoms with Crippen molar-refractivity contribution in [2.75, 3.05) is 33.2 Å². The van der Waals surface area contributed by atoms with Gasteiger partial charge in [-0.15, -0.1) is 0 Å². The summed E-state index contributed by atoms with van der Waals surface area (Å²) in [7, 11) is 2.12. The smallest absolute Gasteiger partial charge is 0.328 e. The number of benzene rings is 1. The Hall–Kier alpha value is -1.39. The zero-order valence-corrected chi connectivity index (χ0v) is 14.5. The summed E-state index contributed by atoms with van der Waals surface area (Å²) >= 11 is 0. The molecule has 1 saturated heterocycles. The second-order valence-electron chi connectivity index (χ2n) is 6.41. The Morgan fingerprint density at radius 2 is 1.68 bits per heavy atom. The molecule has 0 amide bonds. The van der Waals surface area contributed by atoms with Crippen LogP contribution < -0.4 is 4.74 Å². The minimum atomic E-state index is -0.145. The molecule has 0 bridgehead atoms. The highest BCUT2D eigenvalue weighted by Gasteiger charge is 2.29. The van der Waals surface area contributed by atoms with Crippen molar-refractivity contribution >= 4 is 5.97 Å². The van der Waals surface area contributed by atoms with Gasteiger partial charge in [-0.05, 0) is 45.4 Å². The predicted octanol–water partition coefficient (Wildman–Crippen LogP) is 2.54. The van der Waals surface area contributed by atoms with Crippen LogP contribution in [0.25, 0.3) is 0 Å². The van der Waals surface area contributed by atoms with E-state index in [1.165, 1.54) is 5.56 Å². The summed E-state index contributed by atoms with van der Waals surface area (Å²) in [5.74, 6) is 0.602. The van der Waals surface area contributed by atoms with E-state index in [0.717, 1.165) is 49.5 Å². The maximum absolute atomic E-state index is 12.6. The third-order valence-corrected chi connectivity index (χ3v) is 4.44. The van der Waals surface area contributed by atoms with Crippen molar-refractivity contribution in [3.8, 4) is 5.75 Å². The van der Waals surface area contributed by atoms with Crippen LogP contribution in [-0.2, 0) is 4.79 Å². The van der Waals surface area contributed by atoms with Crippen LogP contribution in [0.2, 0.25) is 0 Å². The SMILES string of the molecule is CCC(C(=O)Oc1c(C)cc(C)cc1C)N1CCN(C)CC1. The maximum Gasteiger partial charge on any atom is 0.328 e. The van der Waals surface area contributed by atoms with E-state index in [-0.39, 0.29) is 12.0 Å². The van der Waals surface area contributed by atoms with Crippen molar-refractivity contribution < 1.29 is 9.53 Å². The van der Waals surface area contributed by atoms with Crippen LogP contribution in [-0.4, -0.2) is 55.0 Å². The van der Waals surface area contributed by atoms with Gasteiger partial charge in [-0.25, -0.2) is 4.79 Å². The fraction of sp³-hybridized carbons (Fsp3) is 0.611. The Morgan fingerprint density at radius 1 is 1.14 bits per heavy atom. The van der Waals surface area contributed by atoms with Crippen molar-refractivity contribution in [1.29, 1.82) is 0 Å². The van der Waals surface area contributed by atoms with Gasteiger partial charge in [-0.1, -0.05) is 24.6 Å². The molecule has 0 aliphatic carbocycles. The molecule has 1 aromatic carbocycles. The number of ether oxygens (including phenoxy) is 1. The summed E-state index contributed by atoms with van der Waals surface area (Å²) in [4.78, 5) is 17.2. The van der Waals surface area contributed by atoms with Crippen molar-refractivity contribution in [2.45, 2.75) is 40.2 Å². The van der Waals surface area contributed by atoms with Crippen LogP contribution in [0, 0.1) is 20.8 Å². The molecule has 1 aliphatic rings. The van der Waals surface area contributed by atoms with E-state index >= 15 is 0 Å². The number of esters is 1. The van der Waals surface area contributed by atoms with Crippen LogP contribution >= 0.6 is 0 Å². The Balaban J connectivity index is 2.10. The van der Waals surface area contributed by atoms with Crippen molar-refractivity contribution in [3.63, 3.8) is 0 Å². The molecule has 0 saturated carbocycles. The van der Waals surface area contributed by atoms with Gasteiger partial charge in [0.15, 0.2) is 0 Å². The minimum Gasteiger partial charge on any atom is -0.425 e. The van der Waals surface area contributed by atoms with Crippen LogP contribution in [0.4, 0.5) is 0 Å². The number of carbonyl (C=O) groups is 1. The van der Waals surface area contributed by atoms with E-state index in [0.29, 0.717) is 0 Å². The number of aryl methyl sites for hydroxylation is 3. The first-order valence-electron chi connectivity index (χ1n) is 8.14. The molecule has 1 atom stereocenters. The Kier molecular flexibility index (Phi) is 5.59. The van der Waals surface area contributed by atoms with Gasteiger partial charge in [0.25, 0.3) is 0 Å². The molecule has 1 aromatic rings. The molecule has 4 nitrogen and oxygen atoms in total. The van der Waals surface area contributed by atoms with Crippen molar-refractivity contribution in [1.82, 2.24) is 9.80 Å². The van der Waals surface area contributed by atoms with Gasteiger partial charge in [-0.2, -0.15) is 0 Å². The van der Waals surface area contributed by atoms with E-state index in [1.807, 2.05) is 13.8 Å². The van der Waals surface area contributed by atoms with E-state index in [2.05, 4.69) is 42.8 Å². The first kappa shape index (κ1) is 17.0. The summed E-state index contributed by atoms with van der Waals surface area (Å²) in [6.07, 6.45) is 0.784. The lowest BCUT2D eigenvalue weighted by molar-refractivity contribution is -0.141. The predicted molar refractivity (Wildman–Crippen MR) is 89.4 cm³/mol. The second kappa shape index (κ2) is 7.25. The normalized spacial score (nSPS) is 18.2. The fourth-order valence-electron chi connectivity index (χ4n) is 3.20. The number of nitrogens with zero attached hydrogens (tertiary/aromatic N) is 2. The standard InChI is InChI=1S/C18H28N2O2/c1-6-16(20-9-7-19(5)8-10-20)18(21)22-17-14(3)11-13(2)12-15(17)4/h11-12,16H,6-10H2,1-5H3. The van der Waals surface area contributed by atoms with Crippen LogP contribution in [0.15, 0.2) is 12.1 Å². The zero-order chi connectivity index (χ0) is 16.3. The molecular weight excluding hydrogens is 276 g/mol. The molecule has 1 fully saturated rings. The third-order valence-electron chi connectivity index (χ3n) is 4.44. The molecule has 22 heavy (non-hydrogen) atoms. The second-order valence-corrected chi connectivity index (χ2v) is 6.41. The largest absolute Gasteiger partial charge is 0.425 e. The fourth-order valence-corrected chi connectivity index (χ4v) is 3.20. The summed E-state index contributed by atoms with van der Waals surface area (Å²) in [5, 5.41) is 0. The highest BCUT2D eigenvalue weighted by atomic mass is 16.5. The van der Waals surface area contributed by atoms with Gasteiger partial charge in [0.05, 0.1) is 0 Å². The number of rotatable bonds is 4. The molecule has 0 radical (unpaired) electrons. The van der Waals surface area contributed by atoms with Gasteiger partial charge in [0.2, 0.25) is 0 Å². The Labute approximate surface area is 134 Å². The average Bonchev–Trinajstić information content (AvgIpc) is 2.45. The molecule has 1 heterocycles. The molecule has 0 spiro atoms. The van der Waals surface area contributed by atoms with Gasteiger partial charge in [0, 0.05) is 26.2 Å². The zero-order valence-electron chi connectivity index (χ0n) is 14.5. The quantitative estimate of drug-likeness (QED) is 0.632. The topological polar surface area (TPSA) is 32.8 Å². The molecule has 4 heteroatoms. The lowest BCUT2D eigenvalue weighted by Gasteiger charge is -2.36. The third kappa shape index (κ3) is 3.87. The first-order valence-corrected chi connectivity index (χ1v) is 8.14. The van der Waals surface area contributed by atoms with E-state index in [1.54, 1.807) is 0 Å². The number of carbonyl (C=O) groups excluding carboxylic acids is 1. The van der Waals surface area contributed by atoms with E-state index in [4.69, 9.17) is 4.74 Å². The number of likely N-dealkylation sites (N-methyl/N-ethyl adjacent to an activating group) is 1. The number of hydrogen-bond acceptors (Lipinski definition) is 4. The lowest BCUT2D eigenvalue weighted by atomic mass is 10.1. The summed E-state index contributed by atoms with van der Waals surface area (Å²) in [5.41, 5.74) is 3.25. The van der Waals surface area contributed by atoms with Crippen LogP contribution in [0.5, 0.6) is 5.75 Å². The molecule has 1 unspecified atom stereocenters. The highest BCUT2D eigenvalue weighted by molar-refractivity contribution is 5.79. The van der Waals surface area contributed by atoms with E-state index in [9.17, 15) is 4.79 Å². The van der Waals surface area contributed by atoms with Gasteiger partial charge < -0.3 is 9.64 Å². The molecule has 122 valence electrons. The Bertz CT molecular complexity index is 511.